The van der Waals surface area contributed by atoms with E-state index >= 15 is 0 Å². The van der Waals surface area contributed by atoms with E-state index in [2.05, 4.69) is 0 Å². The molecule has 0 bridgehead atoms. The normalized spacial score (nSPS) is 25.9. The lowest BCUT2D eigenvalue weighted by Crippen LogP contribution is -2.51. The lowest BCUT2D eigenvalue weighted by Gasteiger charge is -2.32. The Labute approximate surface area is 99.3 Å². The number of thioether (sulfide) groups is 1. The third-order valence-corrected chi connectivity index (χ3v) is 4.05. The first kappa shape index (κ1) is 11.6. The Morgan fingerprint density at radius 2 is 1.88 bits per heavy atom. The van der Waals surface area contributed by atoms with Gasteiger partial charge >= 0.3 is 6.03 Å². The van der Waals surface area contributed by atoms with Crippen LogP contribution in [0.15, 0.2) is 0 Å². The average molecular weight is 243 g/mol. The van der Waals surface area contributed by atoms with Crippen molar-refractivity contribution in [3.05, 3.63) is 0 Å². The van der Waals surface area contributed by atoms with Crippen molar-refractivity contribution in [2.45, 2.75) is 18.9 Å². The molecule has 0 aliphatic carbocycles. The van der Waals surface area contributed by atoms with Crippen molar-refractivity contribution in [3.8, 4) is 0 Å². The monoisotopic (exact) mass is 243 g/mol. The maximum absolute atomic E-state index is 12.2. The van der Waals surface area contributed by atoms with Crippen molar-refractivity contribution in [2.24, 2.45) is 5.73 Å². The summed E-state index contributed by atoms with van der Waals surface area (Å²) in [5.74, 6) is 1.60. The molecule has 6 heteroatoms. The Balaban J connectivity index is 1.99. The highest BCUT2D eigenvalue weighted by Crippen LogP contribution is 2.20. The molecule has 16 heavy (non-hydrogen) atoms. The van der Waals surface area contributed by atoms with E-state index in [4.69, 9.17) is 5.73 Å². The first-order valence-electron chi connectivity index (χ1n) is 5.63. The van der Waals surface area contributed by atoms with Crippen LogP contribution in [0.2, 0.25) is 0 Å². The summed E-state index contributed by atoms with van der Waals surface area (Å²) in [6, 6.07) is -0.399. The minimum Gasteiger partial charge on any atom is -0.368 e. The molecule has 0 radical (unpaired) electrons. The van der Waals surface area contributed by atoms with Crippen LogP contribution < -0.4 is 5.73 Å². The van der Waals surface area contributed by atoms with Crippen molar-refractivity contribution >= 4 is 23.7 Å². The molecule has 2 aliphatic heterocycles. The van der Waals surface area contributed by atoms with Crippen LogP contribution in [-0.2, 0) is 4.79 Å². The number of likely N-dealkylation sites (tertiary alicyclic amines) is 1. The SMILES string of the molecule is NC(=O)C1CCCN1C(=O)N1CCSCC1. The highest BCUT2D eigenvalue weighted by molar-refractivity contribution is 7.99. The van der Waals surface area contributed by atoms with Crippen LogP contribution >= 0.6 is 11.8 Å². The lowest BCUT2D eigenvalue weighted by atomic mass is 10.2. The number of carbonyl (C=O) groups excluding carboxylic acids is 2. The second-order valence-corrected chi connectivity index (χ2v) is 5.36. The Morgan fingerprint density at radius 3 is 2.50 bits per heavy atom. The molecule has 2 saturated heterocycles. The molecule has 2 N–H and O–H groups in total. The van der Waals surface area contributed by atoms with Gasteiger partial charge in [-0.1, -0.05) is 0 Å². The smallest absolute Gasteiger partial charge is 0.320 e. The zero-order valence-electron chi connectivity index (χ0n) is 9.22. The molecule has 1 atom stereocenters. The Morgan fingerprint density at radius 1 is 1.19 bits per heavy atom. The first-order chi connectivity index (χ1) is 7.70. The Kier molecular flexibility index (Phi) is 3.58. The maximum Gasteiger partial charge on any atom is 0.320 e. The van der Waals surface area contributed by atoms with E-state index in [1.807, 2.05) is 16.7 Å². The van der Waals surface area contributed by atoms with E-state index in [0.717, 1.165) is 31.0 Å². The molecular formula is C10H17N3O2S. The third kappa shape index (κ3) is 2.26. The Hall–Kier alpha value is -0.910. The van der Waals surface area contributed by atoms with Gasteiger partial charge in [0, 0.05) is 31.1 Å². The van der Waals surface area contributed by atoms with Gasteiger partial charge in [0.05, 0.1) is 0 Å². The number of carbonyl (C=O) groups is 2. The topological polar surface area (TPSA) is 66.6 Å². The molecule has 3 amide bonds. The summed E-state index contributed by atoms with van der Waals surface area (Å²) in [6.45, 7) is 2.23. The van der Waals surface area contributed by atoms with E-state index in [1.165, 1.54) is 0 Å². The molecule has 0 aromatic carbocycles. The van der Waals surface area contributed by atoms with E-state index in [1.54, 1.807) is 4.90 Å². The van der Waals surface area contributed by atoms with Gasteiger partial charge in [-0.3, -0.25) is 4.79 Å². The van der Waals surface area contributed by atoms with Crippen molar-refractivity contribution < 1.29 is 9.59 Å². The van der Waals surface area contributed by atoms with Crippen LogP contribution in [0.4, 0.5) is 4.79 Å². The Bertz CT molecular complexity index is 292. The van der Waals surface area contributed by atoms with Gasteiger partial charge in [-0.05, 0) is 12.8 Å². The van der Waals surface area contributed by atoms with E-state index in [0.29, 0.717) is 13.0 Å². The molecule has 90 valence electrons. The van der Waals surface area contributed by atoms with E-state index < -0.39 is 0 Å². The molecule has 2 heterocycles. The fourth-order valence-electron chi connectivity index (χ4n) is 2.23. The molecule has 0 aromatic rings. The van der Waals surface area contributed by atoms with Gasteiger partial charge in [0.1, 0.15) is 6.04 Å². The van der Waals surface area contributed by atoms with Gasteiger partial charge in [0.15, 0.2) is 0 Å². The zero-order valence-corrected chi connectivity index (χ0v) is 10.0. The van der Waals surface area contributed by atoms with Crippen LogP contribution in [0, 0.1) is 0 Å². The number of rotatable bonds is 1. The molecule has 5 nitrogen and oxygen atoms in total. The second-order valence-electron chi connectivity index (χ2n) is 4.14. The standard InChI is InChI=1S/C10H17N3O2S/c11-9(14)8-2-1-3-13(8)10(15)12-4-6-16-7-5-12/h8H,1-7H2,(H2,11,14). The number of primary amides is 1. The summed E-state index contributed by atoms with van der Waals surface area (Å²) < 4.78 is 0. The largest absolute Gasteiger partial charge is 0.368 e. The van der Waals surface area contributed by atoms with Gasteiger partial charge in [-0.25, -0.2) is 4.79 Å². The van der Waals surface area contributed by atoms with Crippen molar-refractivity contribution in [1.82, 2.24) is 9.80 Å². The zero-order chi connectivity index (χ0) is 11.5. The van der Waals surface area contributed by atoms with Crippen LogP contribution in [-0.4, -0.2) is 58.9 Å². The molecule has 1 unspecified atom stereocenters. The summed E-state index contributed by atoms with van der Waals surface area (Å²) in [5.41, 5.74) is 5.30. The lowest BCUT2D eigenvalue weighted by molar-refractivity contribution is -0.121. The molecule has 0 saturated carbocycles. The second kappa shape index (κ2) is 4.95. The highest BCUT2D eigenvalue weighted by Gasteiger charge is 2.35. The minimum atomic E-state index is -0.387. The number of urea groups is 1. The minimum absolute atomic E-state index is 0.0124. The van der Waals surface area contributed by atoms with Crippen LogP contribution in [0.1, 0.15) is 12.8 Å². The van der Waals surface area contributed by atoms with Gasteiger partial charge in [0.25, 0.3) is 0 Å². The fourth-order valence-corrected chi connectivity index (χ4v) is 3.13. The molecule has 0 aromatic heterocycles. The molecule has 2 rings (SSSR count). The van der Waals surface area contributed by atoms with Gasteiger partial charge in [-0.15, -0.1) is 0 Å². The predicted molar refractivity (Wildman–Crippen MR) is 63.2 cm³/mol. The van der Waals surface area contributed by atoms with Crippen molar-refractivity contribution in [3.63, 3.8) is 0 Å². The van der Waals surface area contributed by atoms with Crippen molar-refractivity contribution in [2.75, 3.05) is 31.1 Å². The molecule has 2 aliphatic rings. The maximum atomic E-state index is 12.2. The van der Waals surface area contributed by atoms with Crippen LogP contribution in [0.5, 0.6) is 0 Å². The van der Waals surface area contributed by atoms with Crippen LogP contribution in [0.3, 0.4) is 0 Å². The quantitative estimate of drug-likeness (QED) is 0.710. The summed E-state index contributed by atoms with van der Waals surface area (Å²) in [4.78, 5) is 26.8. The number of hydrogen-bond donors (Lipinski definition) is 1. The van der Waals surface area contributed by atoms with E-state index in [-0.39, 0.29) is 18.0 Å². The number of nitrogens with zero attached hydrogens (tertiary/aromatic N) is 2. The number of nitrogens with two attached hydrogens (primary N) is 1. The van der Waals surface area contributed by atoms with Gasteiger partial charge in [0.2, 0.25) is 5.91 Å². The summed E-state index contributed by atoms with van der Waals surface area (Å²) in [5, 5.41) is 0. The average Bonchev–Trinajstić information content (AvgIpc) is 2.78. The summed E-state index contributed by atoms with van der Waals surface area (Å²) in [6.07, 6.45) is 1.59. The molecular weight excluding hydrogens is 226 g/mol. The molecule has 0 spiro atoms. The predicted octanol–water partition coefficient (Wildman–Crippen LogP) is 0.105. The summed E-state index contributed by atoms with van der Waals surface area (Å²) in [7, 11) is 0. The number of amides is 3. The summed E-state index contributed by atoms with van der Waals surface area (Å²) >= 11 is 1.86. The highest BCUT2D eigenvalue weighted by atomic mass is 32.2. The fraction of sp³-hybridized carbons (Fsp3) is 0.800. The number of hydrogen-bond acceptors (Lipinski definition) is 3. The molecule has 2 fully saturated rings. The van der Waals surface area contributed by atoms with Gasteiger partial charge < -0.3 is 15.5 Å². The van der Waals surface area contributed by atoms with E-state index in [9.17, 15) is 9.59 Å². The third-order valence-electron chi connectivity index (χ3n) is 3.11. The van der Waals surface area contributed by atoms with Crippen molar-refractivity contribution in [1.29, 1.82) is 0 Å². The van der Waals surface area contributed by atoms with Gasteiger partial charge in [-0.2, -0.15) is 11.8 Å². The van der Waals surface area contributed by atoms with Crippen LogP contribution in [0.25, 0.3) is 0 Å². The first-order valence-corrected chi connectivity index (χ1v) is 6.78.